The maximum absolute atomic E-state index is 12.2. The van der Waals surface area contributed by atoms with Crippen molar-refractivity contribution in [1.29, 1.82) is 0 Å². The van der Waals surface area contributed by atoms with Crippen LogP contribution in [0.25, 0.3) is 10.6 Å². The lowest BCUT2D eigenvalue weighted by Crippen LogP contribution is -2.27. The lowest BCUT2D eigenvalue weighted by Gasteiger charge is -2.10. The smallest absolute Gasteiger partial charge is 0.226 e. The molecule has 2 aromatic heterocycles. The average molecular weight is 354 g/mol. The van der Waals surface area contributed by atoms with Gasteiger partial charge in [-0.1, -0.05) is 31.2 Å². The quantitative estimate of drug-likeness (QED) is 0.698. The lowest BCUT2D eigenvalue weighted by atomic mass is 10.1. The van der Waals surface area contributed by atoms with Crippen LogP contribution in [0.2, 0.25) is 0 Å². The van der Waals surface area contributed by atoms with Crippen molar-refractivity contribution in [2.45, 2.75) is 39.7 Å². The molecule has 0 radical (unpaired) electrons. The Kier molecular flexibility index (Phi) is 5.34. The maximum atomic E-state index is 12.2. The van der Waals surface area contributed by atoms with Gasteiger partial charge in [-0.25, -0.2) is 4.98 Å². The number of carbonyl (C=O) groups excluding carboxylic acids is 1. The van der Waals surface area contributed by atoms with Crippen molar-refractivity contribution in [2.24, 2.45) is 0 Å². The molecule has 25 heavy (non-hydrogen) atoms. The molecule has 0 aliphatic rings. The Morgan fingerprint density at radius 3 is 2.64 bits per heavy atom. The fraction of sp³-hybridized carbons (Fsp3) is 0.300. The van der Waals surface area contributed by atoms with Crippen LogP contribution in [0.4, 0.5) is 0 Å². The van der Waals surface area contributed by atoms with Crippen LogP contribution in [0, 0.1) is 6.92 Å². The molecule has 3 aromatic rings. The minimum atomic E-state index is -0.152. The highest BCUT2D eigenvalue weighted by Crippen LogP contribution is 2.24. The fourth-order valence-corrected chi connectivity index (χ4v) is 3.44. The third-order valence-electron chi connectivity index (χ3n) is 4.07. The third-order valence-corrected chi connectivity index (χ3v) is 5.01. The Balaban J connectivity index is 1.61. The number of nitrogens with zero attached hydrogens (tertiary/aromatic N) is 1. The Morgan fingerprint density at radius 2 is 2.00 bits per heavy atom. The van der Waals surface area contributed by atoms with Gasteiger partial charge in [-0.2, -0.15) is 0 Å². The summed E-state index contributed by atoms with van der Waals surface area (Å²) >= 11 is 1.57. The molecule has 1 aromatic carbocycles. The van der Waals surface area contributed by atoms with E-state index in [0.717, 1.165) is 34.2 Å². The minimum Gasteiger partial charge on any atom is -0.464 e. The zero-order chi connectivity index (χ0) is 17.8. The van der Waals surface area contributed by atoms with Crippen LogP contribution in [0.15, 0.2) is 46.2 Å². The predicted octanol–water partition coefficient (Wildman–Crippen LogP) is 4.69. The molecule has 0 spiro atoms. The van der Waals surface area contributed by atoms with Crippen molar-refractivity contribution in [3.8, 4) is 10.6 Å². The van der Waals surface area contributed by atoms with Crippen molar-refractivity contribution in [2.75, 3.05) is 0 Å². The molecule has 0 aliphatic heterocycles. The first kappa shape index (κ1) is 17.4. The molecule has 0 bridgehead atoms. The average Bonchev–Trinajstić information content (AvgIpc) is 3.24. The van der Waals surface area contributed by atoms with Gasteiger partial charge in [0.25, 0.3) is 0 Å². The standard InChI is InChI=1S/C20H22N2O2S/c1-4-15-6-8-16(9-7-15)20-22-17(12-25-20)11-19(23)21-14(3)18-10-5-13(2)24-18/h5-10,12,14H,4,11H2,1-3H3,(H,21,23). The predicted molar refractivity (Wildman–Crippen MR) is 101 cm³/mol. The number of thiazole rings is 1. The van der Waals surface area contributed by atoms with Crippen molar-refractivity contribution < 1.29 is 9.21 Å². The molecule has 130 valence electrons. The van der Waals surface area contributed by atoms with E-state index in [1.807, 2.05) is 31.4 Å². The van der Waals surface area contributed by atoms with Gasteiger partial charge in [-0.15, -0.1) is 11.3 Å². The van der Waals surface area contributed by atoms with E-state index >= 15 is 0 Å². The molecule has 0 saturated heterocycles. The van der Waals surface area contributed by atoms with E-state index in [1.165, 1.54) is 5.56 Å². The summed E-state index contributed by atoms with van der Waals surface area (Å²) in [7, 11) is 0. The Hall–Kier alpha value is -2.40. The van der Waals surface area contributed by atoms with Crippen LogP contribution >= 0.6 is 11.3 Å². The molecular weight excluding hydrogens is 332 g/mol. The van der Waals surface area contributed by atoms with E-state index in [1.54, 1.807) is 11.3 Å². The first-order valence-corrected chi connectivity index (χ1v) is 9.32. The summed E-state index contributed by atoms with van der Waals surface area (Å²) in [5.74, 6) is 1.55. The summed E-state index contributed by atoms with van der Waals surface area (Å²) in [6, 6.07) is 12.1. The number of benzene rings is 1. The van der Waals surface area contributed by atoms with Gasteiger partial charge >= 0.3 is 0 Å². The first-order chi connectivity index (χ1) is 12.0. The first-order valence-electron chi connectivity index (χ1n) is 8.44. The van der Waals surface area contributed by atoms with Gasteiger partial charge in [0.2, 0.25) is 5.91 Å². The summed E-state index contributed by atoms with van der Waals surface area (Å²) in [6.07, 6.45) is 1.30. The van der Waals surface area contributed by atoms with Gasteiger partial charge in [0, 0.05) is 10.9 Å². The number of hydrogen-bond donors (Lipinski definition) is 1. The number of rotatable bonds is 6. The van der Waals surface area contributed by atoms with E-state index in [-0.39, 0.29) is 18.4 Å². The number of nitrogens with one attached hydrogen (secondary N) is 1. The monoisotopic (exact) mass is 354 g/mol. The molecule has 2 heterocycles. The highest BCUT2D eigenvalue weighted by molar-refractivity contribution is 7.13. The van der Waals surface area contributed by atoms with Crippen molar-refractivity contribution in [3.05, 3.63) is 64.6 Å². The van der Waals surface area contributed by atoms with Crippen molar-refractivity contribution >= 4 is 17.2 Å². The van der Waals surface area contributed by atoms with Crippen molar-refractivity contribution in [3.63, 3.8) is 0 Å². The summed E-state index contributed by atoms with van der Waals surface area (Å²) in [6.45, 7) is 5.94. The van der Waals surface area contributed by atoms with Crippen LogP contribution in [0.1, 0.15) is 42.7 Å². The number of amides is 1. The van der Waals surface area contributed by atoms with Crippen LogP contribution in [0.5, 0.6) is 0 Å². The normalized spacial score (nSPS) is 12.1. The van der Waals surface area contributed by atoms with E-state index in [9.17, 15) is 4.79 Å². The van der Waals surface area contributed by atoms with Crippen LogP contribution < -0.4 is 5.32 Å². The van der Waals surface area contributed by atoms with Gasteiger partial charge in [0.1, 0.15) is 16.5 Å². The van der Waals surface area contributed by atoms with E-state index in [4.69, 9.17) is 4.42 Å². The number of hydrogen-bond acceptors (Lipinski definition) is 4. The second-order valence-electron chi connectivity index (χ2n) is 6.11. The second-order valence-corrected chi connectivity index (χ2v) is 6.97. The fourth-order valence-electron chi connectivity index (χ4n) is 2.62. The third kappa shape index (κ3) is 4.37. The van der Waals surface area contributed by atoms with Crippen molar-refractivity contribution in [1.82, 2.24) is 10.3 Å². The summed E-state index contributed by atoms with van der Waals surface area (Å²) < 4.78 is 5.55. The number of furan rings is 1. The van der Waals surface area contributed by atoms with Gasteiger partial charge < -0.3 is 9.73 Å². The van der Waals surface area contributed by atoms with Gasteiger partial charge in [-0.3, -0.25) is 4.79 Å². The molecular formula is C20H22N2O2S. The number of aromatic nitrogens is 1. The van der Waals surface area contributed by atoms with Gasteiger partial charge in [-0.05, 0) is 38.0 Å². The van der Waals surface area contributed by atoms with E-state index < -0.39 is 0 Å². The highest BCUT2D eigenvalue weighted by Gasteiger charge is 2.14. The molecule has 4 nitrogen and oxygen atoms in total. The SMILES string of the molecule is CCc1ccc(-c2nc(CC(=O)NC(C)c3ccc(C)o3)cs2)cc1. The minimum absolute atomic E-state index is 0.0558. The summed E-state index contributed by atoms with van der Waals surface area (Å²) in [5, 5.41) is 5.85. The number of carbonyl (C=O) groups is 1. The second kappa shape index (κ2) is 7.66. The molecule has 0 saturated carbocycles. The lowest BCUT2D eigenvalue weighted by molar-refractivity contribution is -0.121. The Morgan fingerprint density at radius 1 is 1.24 bits per heavy atom. The molecule has 0 fully saturated rings. The van der Waals surface area contributed by atoms with Gasteiger partial charge in [0.15, 0.2) is 0 Å². The molecule has 5 heteroatoms. The van der Waals surface area contributed by atoms with Crippen LogP contribution in [-0.4, -0.2) is 10.9 Å². The largest absolute Gasteiger partial charge is 0.464 e. The summed E-state index contributed by atoms with van der Waals surface area (Å²) in [4.78, 5) is 16.8. The van der Waals surface area contributed by atoms with E-state index in [2.05, 4.69) is 41.5 Å². The van der Waals surface area contributed by atoms with Crippen LogP contribution in [0.3, 0.4) is 0 Å². The molecule has 3 rings (SSSR count). The molecule has 1 unspecified atom stereocenters. The molecule has 0 aliphatic carbocycles. The van der Waals surface area contributed by atoms with Crippen LogP contribution in [-0.2, 0) is 17.6 Å². The highest BCUT2D eigenvalue weighted by atomic mass is 32.1. The zero-order valence-electron chi connectivity index (χ0n) is 14.7. The Bertz CT molecular complexity index is 849. The number of aryl methyl sites for hydroxylation is 2. The molecule has 1 N–H and O–H groups in total. The topological polar surface area (TPSA) is 55.1 Å². The Labute approximate surface area is 151 Å². The molecule has 1 atom stereocenters. The molecule has 1 amide bonds. The van der Waals surface area contributed by atoms with E-state index in [0.29, 0.717) is 0 Å². The van der Waals surface area contributed by atoms with Gasteiger partial charge in [0.05, 0.1) is 18.2 Å². The zero-order valence-corrected chi connectivity index (χ0v) is 15.5. The summed E-state index contributed by atoms with van der Waals surface area (Å²) in [5.41, 5.74) is 3.19. The maximum Gasteiger partial charge on any atom is 0.226 e.